The van der Waals surface area contributed by atoms with Gasteiger partial charge in [0.25, 0.3) is 0 Å². The molecule has 19 heavy (non-hydrogen) atoms. The van der Waals surface area contributed by atoms with Crippen molar-refractivity contribution >= 4 is 0 Å². The lowest BCUT2D eigenvalue weighted by Gasteiger charge is -2.36. The third-order valence-corrected chi connectivity index (χ3v) is 4.22. The van der Waals surface area contributed by atoms with Crippen LogP contribution in [0.4, 0.5) is 0 Å². The van der Waals surface area contributed by atoms with E-state index >= 15 is 0 Å². The maximum Gasteiger partial charge on any atom is 0.00475 e. The summed E-state index contributed by atoms with van der Waals surface area (Å²) in [5.74, 6) is 1.76. The van der Waals surface area contributed by atoms with Gasteiger partial charge in [0, 0.05) is 19.6 Å². The number of nitrogens with zero attached hydrogens (tertiary/aromatic N) is 1. The molecule has 1 N–H and O–H groups in total. The van der Waals surface area contributed by atoms with Crippen LogP contribution in [-0.4, -0.2) is 37.6 Å². The molecule has 0 heterocycles. The van der Waals surface area contributed by atoms with Gasteiger partial charge < -0.3 is 10.2 Å². The van der Waals surface area contributed by atoms with E-state index in [0.29, 0.717) is 5.41 Å². The van der Waals surface area contributed by atoms with Gasteiger partial charge in [-0.25, -0.2) is 0 Å². The molecule has 114 valence electrons. The molecule has 1 aliphatic carbocycles. The average molecular weight is 268 g/mol. The van der Waals surface area contributed by atoms with Crippen molar-refractivity contribution < 1.29 is 0 Å². The third kappa shape index (κ3) is 7.31. The first kappa shape index (κ1) is 17.0. The summed E-state index contributed by atoms with van der Waals surface area (Å²) in [6.45, 7) is 17.8. The molecule has 0 bridgehead atoms. The molecule has 0 radical (unpaired) electrons. The highest BCUT2D eigenvalue weighted by atomic mass is 15.1. The molecule has 0 spiro atoms. The number of rotatable bonds is 11. The Kier molecular flexibility index (Phi) is 7.38. The molecule has 2 heteroatoms. The molecule has 0 aromatic heterocycles. The summed E-state index contributed by atoms with van der Waals surface area (Å²) < 4.78 is 0. The van der Waals surface area contributed by atoms with Gasteiger partial charge in [-0.05, 0) is 49.6 Å². The maximum atomic E-state index is 3.68. The van der Waals surface area contributed by atoms with Crippen molar-refractivity contribution in [2.24, 2.45) is 17.3 Å². The fraction of sp³-hybridized carbons (Fsp3) is 1.00. The van der Waals surface area contributed by atoms with Gasteiger partial charge in [0.1, 0.15) is 0 Å². The van der Waals surface area contributed by atoms with Crippen molar-refractivity contribution in [3.63, 3.8) is 0 Å². The van der Waals surface area contributed by atoms with Gasteiger partial charge >= 0.3 is 0 Å². The lowest BCUT2D eigenvalue weighted by atomic mass is 9.84. The van der Waals surface area contributed by atoms with E-state index in [-0.39, 0.29) is 0 Å². The normalized spacial score (nSPS) is 19.1. The Balaban J connectivity index is 2.41. The SMILES string of the molecule is CCCC(C)(CNCC(C)C)CN(CC)CC1CC1. The van der Waals surface area contributed by atoms with Crippen LogP contribution >= 0.6 is 0 Å². The standard InChI is InChI=1S/C17H36N2/c1-6-10-17(5,13-18-11-15(3)4)14-19(7-2)12-16-8-9-16/h15-16,18H,6-14H2,1-5H3. The van der Waals surface area contributed by atoms with Gasteiger partial charge in [-0.15, -0.1) is 0 Å². The largest absolute Gasteiger partial charge is 0.316 e. The van der Waals surface area contributed by atoms with Crippen molar-refractivity contribution in [1.29, 1.82) is 0 Å². The molecule has 1 aliphatic rings. The predicted octanol–water partition coefficient (Wildman–Crippen LogP) is 3.77. The predicted molar refractivity (Wildman–Crippen MR) is 85.6 cm³/mol. The van der Waals surface area contributed by atoms with E-state index in [9.17, 15) is 0 Å². The highest BCUT2D eigenvalue weighted by Gasteiger charge is 2.29. The summed E-state index contributed by atoms with van der Waals surface area (Å²) in [4.78, 5) is 2.68. The summed E-state index contributed by atoms with van der Waals surface area (Å²) in [5, 5.41) is 3.68. The summed E-state index contributed by atoms with van der Waals surface area (Å²) in [6, 6.07) is 0. The molecule has 0 aliphatic heterocycles. The van der Waals surface area contributed by atoms with Gasteiger partial charge in [-0.2, -0.15) is 0 Å². The Morgan fingerprint density at radius 2 is 1.95 bits per heavy atom. The minimum Gasteiger partial charge on any atom is -0.316 e. The van der Waals surface area contributed by atoms with Gasteiger partial charge in [0.05, 0.1) is 0 Å². The van der Waals surface area contributed by atoms with Crippen LogP contribution in [0.25, 0.3) is 0 Å². The second kappa shape index (κ2) is 8.26. The minimum atomic E-state index is 0.439. The van der Waals surface area contributed by atoms with Crippen molar-refractivity contribution in [3.05, 3.63) is 0 Å². The van der Waals surface area contributed by atoms with E-state index in [1.54, 1.807) is 0 Å². The van der Waals surface area contributed by atoms with Gasteiger partial charge in [-0.3, -0.25) is 0 Å². The van der Waals surface area contributed by atoms with Crippen LogP contribution in [0, 0.1) is 17.3 Å². The van der Waals surface area contributed by atoms with Crippen LogP contribution in [0.2, 0.25) is 0 Å². The minimum absolute atomic E-state index is 0.439. The Bertz CT molecular complexity index is 235. The van der Waals surface area contributed by atoms with Gasteiger partial charge in [-0.1, -0.05) is 41.0 Å². The number of hydrogen-bond donors (Lipinski definition) is 1. The lowest BCUT2D eigenvalue weighted by Crippen LogP contribution is -2.43. The second-order valence-corrected chi connectivity index (χ2v) is 7.36. The van der Waals surface area contributed by atoms with Crippen LogP contribution in [0.1, 0.15) is 60.3 Å². The monoisotopic (exact) mass is 268 g/mol. The van der Waals surface area contributed by atoms with E-state index in [4.69, 9.17) is 0 Å². The van der Waals surface area contributed by atoms with E-state index in [2.05, 4.69) is 44.8 Å². The van der Waals surface area contributed by atoms with Crippen LogP contribution in [0.3, 0.4) is 0 Å². The smallest absolute Gasteiger partial charge is 0.00475 e. The van der Waals surface area contributed by atoms with Crippen LogP contribution in [-0.2, 0) is 0 Å². The number of hydrogen-bond acceptors (Lipinski definition) is 2. The molecule has 0 aromatic carbocycles. The molecule has 0 aromatic rings. The van der Waals surface area contributed by atoms with Crippen molar-refractivity contribution in [1.82, 2.24) is 10.2 Å². The molecule has 1 saturated carbocycles. The van der Waals surface area contributed by atoms with Crippen LogP contribution in [0.5, 0.6) is 0 Å². The van der Waals surface area contributed by atoms with Crippen molar-refractivity contribution in [2.45, 2.75) is 60.3 Å². The van der Waals surface area contributed by atoms with Crippen molar-refractivity contribution in [2.75, 3.05) is 32.7 Å². The summed E-state index contributed by atoms with van der Waals surface area (Å²) in [6.07, 6.45) is 5.55. The first-order chi connectivity index (χ1) is 8.99. The first-order valence-corrected chi connectivity index (χ1v) is 8.42. The summed E-state index contributed by atoms with van der Waals surface area (Å²) in [5.41, 5.74) is 0.439. The molecule has 0 amide bonds. The van der Waals surface area contributed by atoms with Crippen LogP contribution in [0.15, 0.2) is 0 Å². The third-order valence-electron chi connectivity index (χ3n) is 4.22. The first-order valence-electron chi connectivity index (χ1n) is 8.42. The maximum absolute atomic E-state index is 3.68. The lowest BCUT2D eigenvalue weighted by molar-refractivity contribution is 0.149. The zero-order chi connectivity index (χ0) is 14.3. The van der Waals surface area contributed by atoms with Gasteiger partial charge in [0.2, 0.25) is 0 Å². The summed E-state index contributed by atoms with van der Waals surface area (Å²) in [7, 11) is 0. The van der Waals surface area contributed by atoms with E-state index < -0.39 is 0 Å². The molecule has 1 atom stereocenters. The Labute approximate surface area is 121 Å². The molecular weight excluding hydrogens is 232 g/mol. The molecule has 1 unspecified atom stereocenters. The number of nitrogens with one attached hydrogen (secondary N) is 1. The fourth-order valence-electron chi connectivity index (χ4n) is 3.00. The molecule has 1 rings (SSSR count). The average Bonchev–Trinajstić information content (AvgIpc) is 3.11. The summed E-state index contributed by atoms with van der Waals surface area (Å²) >= 11 is 0. The second-order valence-electron chi connectivity index (χ2n) is 7.36. The van der Waals surface area contributed by atoms with Gasteiger partial charge in [0.15, 0.2) is 0 Å². The topological polar surface area (TPSA) is 15.3 Å². The molecule has 0 saturated heterocycles. The fourth-order valence-corrected chi connectivity index (χ4v) is 3.00. The zero-order valence-electron chi connectivity index (χ0n) is 14.0. The van der Waals surface area contributed by atoms with Crippen molar-refractivity contribution in [3.8, 4) is 0 Å². The van der Waals surface area contributed by atoms with E-state index in [1.165, 1.54) is 51.9 Å². The Morgan fingerprint density at radius 3 is 2.42 bits per heavy atom. The molecular formula is C17H36N2. The van der Waals surface area contributed by atoms with Crippen LogP contribution < -0.4 is 5.32 Å². The Morgan fingerprint density at radius 1 is 1.26 bits per heavy atom. The highest BCUT2D eigenvalue weighted by Crippen LogP contribution is 2.31. The zero-order valence-corrected chi connectivity index (χ0v) is 14.0. The quantitative estimate of drug-likeness (QED) is 0.613. The highest BCUT2D eigenvalue weighted by molar-refractivity contribution is 4.84. The van der Waals surface area contributed by atoms with E-state index in [1.807, 2.05) is 0 Å². The molecule has 1 fully saturated rings. The molecule has 2 nitrogen and oxygen atoms in total. The Hall–Kier alpha value is -0.0800. The van der Waals surface area contributed by atoms with E-state index in [0.717, 1.165) is 18.4 Å².